The summed E-state index contributed by atoms with van der Waals surface area (Å²) in [4.78, 5) is 23.6. The lowest BCUT2D eigenvalue weighted by atomic mass is 10.1. The fourth-order valence-corrected chi connectivity index (χ4v) is 2.53. The number of ether oxygens (including phenoxy) is 2. The van der Waals surface area contributed by atoms with Crippen LogP contribution >= 0.6 is 0 Å². The number of nitrogens with zero attached hydrogens (tertiary/aromatic N) is 1. The van der Waals surface area contributed by atoms with Crippen molar-refractivity contribution in [2.45, 2.75) is 39.3 Å². The van der Waals surface area contributed by atoms with Crippen molar-refractivity contribution >= 4 is 23.2 Å². The number of carbonyl (C=O) groups excluding carboxylic acids is 2. The third kappa shape index (κ3) is 2.98. The molecule has 118 valence electrons. The summed E-state index contributed by atoms with van der Waals surface area (Å²) in [5.41, 5.74) is 1.35. The lowest BCUT2D eigenvalue weighted by Gasteiger charge is -2.19. The van der Waals surface area contributed by atoms with E-state index in [1.54, 1.807) is 19.4 Å². The van der Waals surface area contributed by atoms with Crippen LogP contribution in [0, 0.1) is 0 Å². The summed E-state index contributed by atoms with van der Waals surface area (Å²) in [6, 6.07) is 5.02. The first-order valence-corrected chi connectivity index (χ1v) is 7.36. The molecule has 1 unspecified atom stereocenters. The molecule has 2 aromatic rings. The van der Waals surface area contributed by atoms with Crippen molar-refractivity contribution in [1.82, 2.24) is 4.57 Å². The Labute approximate surface area is 129 Å². The topological polar surface area (TPSA) is 57.5 Å². The van der Waals surface area contributed by atoms with E-state index in [0.29, 0.717) is 17.7 Å². The number of rotatable bonds is 6. The van der Waals surface area contributed by atoms with Gasteiger partial charge >= 0.3 is 5.97 Å². The average Bonchev–Trinajstić information content (AvgIpc) is 2.85. The third-order valence-electron chi connectivity index (χ3n) is 3.54. The maximum absolute atomic E-state index is 12.3. The van der Waals surface area contributed by atoms with Crippen LogP contribution in [0.25, 0.3) is 10.9 Å². The number of carbonyl (C=O) groups is 2. The van der Waals surface area contributed by atoms with Gasteiger partial charge in [-0.05, 0) is 38.5 Å². The van der Waals surface area contributed by atoms with Gasteiger partial charge < -0.3 is 14.0 Å². The molecule has 0 radical (unpaired) electrons. The molecule has 1 aromatic carbocycles. The average molecular weight is 303 g/mol. The number of aldehydes is 1. The van der Waals surface area contributed by atoms with E-state index in [9.17, 15) is 9.59 Å². The molecule has 0 N–H and O–H groups in total. The van der Waals surface area contributed by atoms with Crippen LogP contribution in [0.15, 0.2) is 24.4 Å². The van der Waals surface area contributed by atoms with Gasteiger partial charge in [0, 0.05) is 22.7 Å². The minimum absolute atomic E-state index is 0.172. The Morgan fingerprint density at radius 1 is 1.36 bits per heavy atom. The monoisotopic (exact) mass is 303 g/mol. The van der Waals surface area contributed by atoms with E-state index in [1.807, 2.05) is 37.5 Å². The summed E-state index contributed by atoms with van der Waals surface area (Å²) in [6.45, 7) is 5.56. The van der Waals surface area contributed by atoms with Gasteiger partial charge in [0.2, 0.25) is 0 Å². The minimum Gasteiger partial charge on any atom is -0.497 e. The number of methoxy groups -OCH3 is 1. The largest absolute Gasteiger partial charge is 0.497 e. The van der Waals surface area contributed by atoms with Gasteiger partial charge in [-0.25, -0.2) is 4.79 Å². The van der Waals surface area contributed by atoms with Crippen molar-refractivity contribution in [2.75, 3.05) is 7.11 Å². The molecule has 0 spiro atoms. The van der Waals surface area contributed by atoms with Crippen molar-refractivity contribution in [1.29, 1.82) is 0 Å². The fourth-order valence-electron chi connectivity index (χ4n) is 2.53. The quantitative estimate of drug-likeness (QED) is 0.606. The molecular formula is C17H21NO4. The highest BCUT2D eigenvalue weighted by molar-refractivity contribution is 5.99. The molecule has 1 atom stereocenters. The van der Waals surface area contributed by atoms with E-state index in [2.05, 4.69) is 0 Å². The van der Waals surface area contributed by atoms with Crippen LogP contribution in [0.4, 0.5) is 0 Å². The Bertz CT molecular complexity index is 687. The van der Waals surface area contributed by atoms with Gasteiger partial charge in [0.1, 0.15) is 11.8 Å². The van der Waals surface area contributed by atoms with Gasteiger partial charge in [0.05, 0.1) is 13.2 Å². The molecule has 0 saturated carbocycles. The smallest absolute Gasteiger partial charge is 0.329 e. The predicted octanol–water partition coefficient (Wildman–Crippen LogP) is 3.37. The van der Waals surface area contributed by atoms with Crippen LogP contribution in [0.1, 0.15) is 43.6 Å². The molecule has 0 amide bonds. The maximum Gasteiger partial charge on any atom is 0.329 e. The highest BCUT2D eigenvalue weighted by atomic mass is 16.5. The molecular weight excluding hydrogens is 282 g/mol. The number of aromatic nitrogens is 1. The summed E-state index contributed by atoms with van der Waals surface area (Å²) in [7, 11) is 1.58. The highest BCUT2D eigenvalue weighted by Crippen LogP contribution is 2.29. The van der Waals surface area contributed by atoms with Gasteiger partial charge in [-0.2, -0.15) is 0 Å². The molecule has 1 aromatic heterocycles. The molecule has 0 aliphatic heterocycles. The van der Waals surface area contributed by atoms with E-state index in [4.69, 9.17) is 9.47 Å². The molecule has 22 heavy (non-hydrogen) atoms. The fraction of sp³-hybridized carbons (Fsp3) is 0.412. The molecule has 2 rings (SSSR count). The number of fused-ring (bicyclic) bond motifs is 1. The summed E-state index contributed by atoms with van der Waals surface area (Å²) in [5.74, 6) is 0.383. The standard InChI is InChI=1S/C17H21NO4/c1-5-15(17(20)22-11(2)3)18-9-12(10-19)14-8-13(21-4)6-7-16(14)18/h6-11,15H,5H2,1-4H3. The Morgan fingerprint density at radius 2 is 2.09 bits per heavy atom. The summed E-state index contributed by atoms with van der Waals surface area (Å²) < 4.78 is 12.3. The maximum atomic E-state index is 12.3. The number of esters is 1. The van der Waals surface area contributed by atoms with Crippen LogP contribution in [0.2, 0.25) is 0 Å². The second-order valence-electron chi connectivity index (χ2n) is 5.40. The molecule has 5 nitrogen and oxygen atoms in total. The zero-order valence-electron chi connectivity index (χ0n) is 13.3. The first-order valence-electron chi connectivity index (χ1n) is 7.36. The second kappa shape index (κ2) is 6.64. The van der Waals surface area contributed by atoms with Crippen molar-refractivity contribution < 1.29 is 19.1 Å². The molecule has 0 fully saturated rings. The van der Waals surface area contributed by atoms with Gasteiger partial charge in [-0.1, -0.05) is 6.92 Å². The van der Waals surface area contributed by atoms with E-state index < -0.39 is 6.04 Å². The Hall–Kier alpha value is -2.30. The first-order chi connectivity index (χ1) is 10.5. The number of hydrogen-bond donors (Lipinski definition) is 0. The molecule has 1 heterocycles. The number of hydrogen-bond acceptors (Lipinski definition) is 4. The van der Waals surface area contributed by atoms with Crippen molar-refractivity contribution in [3.8, 4) is 5.75 Å². The molecule has 5 heteroatoms. The van der Waals surface area contributed by atoms with Crippen molar-refractivity contribution in [2.24, 2.45) is 0 Å². The third-order valence-corrected chi connectivity index (χ3v) is 3.54. The summed E-state index contributed by atoms with van der Waals surface area (Å²) in [5, 5.41) is 0.769. The van der Waals surface area contributed by atoms with Crippen molar-refractivity contribution in [3.05, 3.63) is 30.0 Å². The SMILES string of the molecule is CCC(C(=O)OC(C)C)n1cc(C=O)c2cc(OC)ccc21. The van der Waals surface area contributed by atoms with Gasteiger partial charge in [-0.15, -0.1) is 0 Å². The lowest BCUT2D eigenvalue weighted by Crippen LogP contribution is -2.23. The molecule has 0 aliphatic carbocycles. The number of benzene rings is 1. The van der Waals surface area contributed by atoms with E-state index in [-0.39, 0.29) is 12.1 Å². The van der Waals surface area contributed by atoms with Crippen LogP contribution in [-0.4, -0.2) is 30.0 Å². The Morgan fingerprint density at radius 3 is 2.64 bits per heavy atom. The summed E-state index contributed by atoms with van der Waals surface area (Å²) >= 11 is 0. The molecule has 0 bridgehead atoms. The Balaban J connectivity index is 2.54. The van der Waals surface area contributed by atoms with Crippen LogP contribution in [0.3, 0.4) is 0 Å². The normalized spacial score (nSPS) is 12.4. The van der Waals surface area contributed by atoms with Gasteiger partial charge in [0.15, 0.2) is 6.29 Å². The van der Waals surface area contributed by atoms with Crippen LogP contribution < -0.4 is 4.74 Å². The predicted molar refractivity (Wildman–Crippen MR) is 84.4 cm³/mol. The molecule has 0 saturated heterocycles. The van der Waals surface area contributed by atoms with Gasteiger partial charge in [0.25, 0.3) is 0 Å². The Kier molecular flexibility index (Phi) is 4.85. The minimum atomic E-state index is -0.452. The first kappa shape index (κ1) is 16.1. The second-order valence-corrected chi connectivity index (χ2v) is 5.40. The lowest BCUT2D eigenvalue weighted by molar-refractivity contribution is -0.151. The van der Waals surface area contributed by atoms with E-state index in [1.165, 1.54) is 0 Å². The van der Waals surface area contributed by atoms with Crippen LogP contribution in [0.5, 0.6) is 5.75 Å². The zero-order chi connectivity index (χ0) is 16.3. The van der Waals surface area contributed by atoms with E-state index >= 15 is 0 Å². The van der Waals surface area contributed by atoms with Gasteiger partial charge in [-0.3, -0.25) is 4.79 Å². The summed E-state index contributed by atoms with van der Waals surface area (Å²) in [6.07, 6.45) is 2.90. The van der Waals surface area contributed by atoms with Crippen molar-refractivity contribution in [3.63, 3.8) is 0 Å². The van der Waals surface area contributed by atoms with E-state index in [0.717, 1.165) is 17.2 Å². The van der Waals surface area contributed by atoms with Crippen LogP contribution in [-0.2, 0) is 9.53 Å². The zero-order valence-corrected chi connectivity index (χ0v) is 13.3. The molecule has 0 aliphatic rings. The highest BCUT2D eigenvalue weighted by Gasteiger charge is 2.23.